The van der Waals surface area contributed by atoms with Crippen molar-refractivity contribution in [2.24, 2.45) is 13.0 Å². The lowest BCUT2D eigenvalue weighted by atomic mass is 10.1. The zero-order valence-corrected chi connectivity index (χ0v) is 14.5. The van der Waals surface area contributed by atoms with Crippen molar-refractivity contribution in [1.29, 1.82) is 0 Å². The Bertz CT molecular complexity index is 828. The largest absolute Gasteiger partial charge is 0.320 e. The molecule has 25 heavy (non-hydrogen) atoms. The normalized spacial score (nSPS) is 13.9. The standard InChI is InChI=1S/C17H21N5O3/c1-11(2)8-21-9-12-5-4-6-14(13(12)10-21)19-17(23)16-15(22(24)25)7-18-20(16)3/h4-7,11H,8-10H2,1-3H3,(H,19,23). The van der Waals surface area contributed by atoms with E-state index in [1.807, 2.05) is 12.1 Å². The number of fused-ring (bicyclic) bond motifs is 1. The van der Waals surface area contributed by atoms with E-state index in [9.17, 15) is 14.9 Å². The summed E-state index contributed by atoms with van der Waals surface area (Å²) in [5.74, 6) is 0.0341. The minimum atomic E-state index is -0.596. The predicted molar refractivity (Wildman–Crippen MR) is 93.2 cm³/mol. The average molecular weight is 343 g/mol. The monoisotopic (exact) mass is 343 g/mol. The summed E-state index contributed by atoms with van der Waals surface area (Å²) in [5, 5.41) is 17.7. The van der Waals surface area contributed by atoms with Gasteiger partial charge in [0.15, 0.2) is 0 Å². The van der Waals surface area contributed by atoms with E-state index in [0.29, 0.717) is 11.6 Å². The van der Waals surface area contributed by atoms with Gasteiger partial charge in [-0.25, -0.2) is 0 Å². The maximum Gasteiger partial charge on any atom is 0.320 e. The molecule has 1 aliphatic rings. The number of rotatable bonds is 5. The summed E-state index contributed by atoms with van der Waals surface area (Å²) in [4.78, 5) is 25.4. The Balaban J connectivity index is 1.84. The number of nitro groups is 1. The molecule has 1 aromatic carbocycles. The first kappa shape index (κ1) is 17.1. The van der Waals surface area contributed by atoms with E-state index in [2.05, 4.69) is 35.2 Å². The van der Waals surface area contributed by atoms with Crippen LogP contribution in [0.4, 0.5) is 11.4 Å². The molecule has 0 radical (unpaired) electrons. The third-order valence-corrected chi connectivity index (χ3v) is 4.25. The number of amides is 1. The number of nitrogens with one attached hydrogen (secondary N) is 1. The molecule has 132 valence electrons. The molecule has 1 amide bonds. The molecule has 1 aliphatic heterocycles. The van der Waals surface area contributed by atoms with Crippen molar-refractivity contribution >= 4 is 17.3 Å². The molecule has 0 bridgehead atoms. The SMILES string of the molecule is CC(C)CN1Cc2cccc(NC(=O)c3c([N+](=O)[O-])cnn3C)c2C1. The first-order valence-corrected chi connectivity index (χ1v) is 8.17. The first-order chi connectivity index (χ1) is 11.9. The first-order valence-electron chi connectivity index (χ1n) is 8.17. The minimum Gasteiger partial charge on any atom is -0.320 e. The van der Waals surface area contributed by atoms with Gasteiger partial charge in [-0.15, -0.1) is 0 Å². The molecular formula is C17H21N5O3. The van der Waals surface area contributed by atoms with E-state index in [-0.39, 0.29) is 11.4 Å². The van der Waals surface area contributed by atoms with Gasteiger partial charge in [-0.05, 0) is 23.1 Å². The van der Waals surface area contributed by atoms with Crippen LogP contribution in [-0.2, 0) is 20.1 Å². The summed E-state index contributed by atoms with van der Waals surface area (Å²) in [6.45, 7) is 6.94. The third kappa shape index (κ3) is 3.39. The van der Waals surface area contributed by atoms with Gasteiger partial charge >= 0.3 is 5.69 Å². The van der Waals surface area contributed by atoms with E-state index in [4.69, 9.17) is 0 Å². The van der Waals surface area contributed by atoms with E-state index in [1.54, 1.807) is 0 Å². The molecule has 0 fully saturated rings. The summed E-state index contributed by atoms with van der Waals surface area (Å²) >= 11 is 0. The second-order valence-electron chi connectivity index (χ2n) is 6.72. The summed E-state index contributed by atoms with van der Waals surface area (Å²) in [6, 6.07) is 5.78. The van der Waals surface area contributed by atoms with Crippen LogP contribution in [0.1, 0.15) is 35.5 Å². The number of anilines is 1. The lowest BCUT2D eigenvalue weighted by Gasteiger charge is -2.17. The van der Waals surface area contributed by atoms with Gasteiger partial charge in [-0.3, -0.25) is 24.5 Å². The van der Waals surface area contributed by atoms with Gasteiger partial charge < -0.3 is 5.32 Å². The molecule has 0 unspecified atom stereocenters. The van der Waals surface area contributed by atoms with Gasteiger partial charge in [0.2, 0.25) is 5.69 Å². The Morgan fingerprint density at radius 1 is 1.40 bits per heavy atom. The van der Waals surface area contributed by atoms with E-state index >= 15 is 0 Å². The number of carbonyl (C=O) groups excluding carboxylic acids is 1. The quantitative estimate of drug-likeness (QED) is 0.665. The molecular weight excluding hydrogens is 322 g/mol. The fraction of sp³-hybridized carbons (Fsp3) is 0.412. The summed E-state index contributed by atoms with van der Waals surface area (Å²) < 4.78 is 1.22. The van der Waals surface area contributed by atoms with Crippen molar-refractivity contribution in [2.45, 2.75) is 26.9 Å². The van der Waals surface area contributed by atoms with Gasteiger partial charge in [-0.2, -0.15) is 5.10 Å². The van der Waals surface area contributed by atoms with E-state index in [1.165, 1.54) is 17.3 Å². The highest BCUT2D eigenvalue weighted by molar-refractivity contribution is 6.06. The van der Waals surface area contributed by atoms with Crippen LogP contribution in [0, 0.1) is 16.0 Å². The summed E-state index contributed by atoms with van der Waals surface area (Å²) in [7, 11) is 1.52. The van der Waals surface area contributed by atoms with E-state index < -0.39 is 10.8 Å². The Morgan fingerprint density at radius 3 is 2.84 bits per heavy atom. The number of nitrogens with zero attached hydrogens (tertiary/aromatic N) is 4. The molecule has 0 atom stereocenters. The molecule has 2 heterocycles. The number of hydrogen-bond acceptors (Lipinski definition) is 5. The van der Waals surface area contributed by atoms with Gasteiger partial charge in [0.25, 0.3) is 5.91 Å². The van der Waals surface area contributed by atoms with Gasteiger partial charge in [0.1, 0.15) is 6.20 Å². The average Bonchev–Trinajstić information content (AvgIpc) is 3.10. The van der Waals surface area contributed by atoms with Crippen molar-refractivity contribution in [3.8, 4) is 0 Å². The molecule has 8 nitrogen and oxygen atoms in total. The highest BCUT2D eigenvalue weighted by atomic mass is 16.6. The lowest BCUT2D eigenvalue weighted by molar-refractivity contribution is -0.385. The molecule has 2 aromatic rings. The van der Waals surface area contributed by atoms with Gasteiger partial charge in [-0.1, -0.05) is 26.0 Å². The van der Waals surface area contributed by atoms with Crippen LogP contribution < -0.4 is 5.32 Å². The highest BCUT2D eigenvalue weighted by Gasteiger charge is 2.27. The number of benzene rings is 1. The van der Waals surface area contributed by atoms with Gasteiger partial charge in [0.05, 0.1) is 4.92 Å². The fourth-order valence-corrected chi connectivity index (χ4v) is 3.26. The number of hydrogen-bond donors (Lipinski definition) is 1. The number of aromatic nitrogens is 2. The molecule has 0 saturated carbocycles. The van der Waals surface area contributed by atoms with E-state index in [0.717, 1.165) is 31.4 Å². The van der Waals surface area contributed by atoms with Crippen LogP contribution >= 0.6 is 0 Å². The predicted octanol–water partition coefficient (Wildman–Crippen LogP) is 2.55. The zero-order valence-electron chi connectivity index (χ0n) is 14.5. The topological polar surface area (TPSA) is 93.3 Å². The maximum absolute atomic E-state index is 12.6. The minimum absolute atomic E-state index is 0.0559. The number of aryl methyl sites for hydroxylation is 1. The summed E-state index contributed by atoms with van der Waals surface area (Å²) in [6.07, 6.45) is 1.09. The van der Waals surface area contributed by atoms with Crippen LogP contribution in [0.15, 0.2) is 24.4 Å². The van der Waals surface area contributed by atoms with Crippen LogP contribution in [-0.4, -0.2) is 32.1 Å². The lowest BCUT2D eigenvalue weighted by Crippen LogP contribution is -2.22. The van der Waals surface area contributed by atoms with Crippen molar-refractivity contribution in [3.63, 3.8) is 0 Å². The smallest absolute Gasteiger partial charge is 0.320 e. The molecule has 3 rings (SSSR count). The molecule has 1 N–H and O–H groups in total. The number of carbonyl (C=O) groups is 1. The van der Waals surface area contributed by atoms with Gasteiger partial charge in [0, 0.05) is 32.4 Å². The summed E-state index contributed by atoms with van der Waals surface area (Å²) in [5.41, 5.74) is 2.59. The van der Waals surface area contributed by atoms with Crippen molar-refractivity contribution < 1.29 is 9.72 Å². The van der Waals surface area contributed by atoms with Crippen molar-refractivity contribution in [2.75, 3.05) is 11.9 Å². The third-order valence-electron chi connectivity index (χ3n) is 4.25. The zero-order chi connectivity index (χ0) is 18.1. The Kier molecular flexibility index (Phi) is 4.54. The van der Waals surface area contributed by atoms with Crippen LogP contribution in [0.3, 0.4) is 0 Å². The Morgan fingerprint density at radius 2 is 2.16 bits per heavy atom. The van der Waals surface area contributed by atoms with Crippen molar-refractivity contribution in [1.82, 2.24) is 14.7 Å². The van der Waals surface area contributed by atoms with Crippen molar-refractivity contribution in [3.05, 3.63) is 51.3 Å². The van der Waals surface area contributed by atoms with Crippen LogP contribution in [0.25, 0.3) is 0 Å². The highest BCUT2D eigenvalue weighted by Crippen LogP contribution is 2.30. The van der Waals surface area contributed by atoms with Crippen LogP contribution in [0.5, 0.6) is 0 Å². The second-order valence-corrected chi connectivity index (χ2v) is 6.72. The Hall–Kier alpha value is -2.74. The molecule has 0 aliphatic carbocycles. The maximum atomic E-state index is 12.6. The molecule has 0 spiro atoms. The Labute approximate surface area is 145 Å². The van der Waals surface area contributed by atoms with Crippen LogP contribution in [0.2, 0.25) is 0 Å². The second kappa shape index (κ2) is 6.64. The fourth-order valence-electron chi connectivity index (χ4n) is 3.26. The molecule has 0 saturated heterocycles. The molecule has 8 heteroatoms. The molecule has 1 aromatic heterocycles.